The molecule has 0 aromatic rings. The summed E-state index contributed by atoms with van der Waals surface area (Å²) in [6.07, 6.45) is 18.5. The number of hydrogen-bond donors (Lipinski definition) is 0. The molecule has 0 amide bonds. The van der Waals surface area contributed by atoms with Gasteiger partial charge in [0.2, 0.25) is 0 Å². The van der Waals surface area contributed by atoms with Crippen molar-refractivity contribution >= 4 is 29.2 Å². The van der Waals surface area contributed by atoms with Crippen LogP contribution >= 0.6 is 12.2 Å². The van der Waals surface area contributed by atoms with Crippen LogP contribution in [0.4, 0.5) is 0 Å². The van der Waals surface area contributed by atoms with Crippen molar-refractivity contribution in [2.45, 2.75) is 104 Å². The molecule has 0 aliphatic heterocycles. The van der Waals surface area contributed by atoms with Crippen LogP contribution < -0.4 is 51.4 Å². The first-order chi connectivity index (χ1) is 13.7. The smallest absolute Gasteiger partial charge is 0.411 e. The Bertz CT molecular complexity index is 312. The van der Waals surface area contributed by atoms with Crippen LogP contribution in [0.5, 0.6) is 0 Å². The van der Waals surface area contributed by atoms with E-state index in [-0.39, 0.29) is 51.4 Å². The molecular weight excluding hydrogens is 425 g/mol. The molecule has 0 bridgehead atoms. The molecule has 0 rings (SSSR count). The maximum atomic E-state index is 5.67. The molecule has 3 nitrogen and oxygen atoms in total. The fourth-order valence-electron chi connectivity index (χ4n) is 3.21. The number of hydrogen-bond acceptors (Lipinski definition) is 4. The predicted molar refractivity (Wildman–Crippen MR) is 129 cm³/mol. The van der Waals surface area contributed by atoms with Gasteiger partial charge in [0.1, 0.15) is 0 Å². The van der Waals surface area contributed by atoms with E-state index < -0.39 is 0 Å². The van der Waals surface area contributed by atoms with Crippen molar-refractivity contribution < 1.29 is 60.9 Å². The second kappa shape index (κ2) is 27.7. The maximum absolute atomic E-state index is 5.67. The van der Waals surface area contributed by atoms with Crippen molar-refractivity contribution in [2.24, 2.45) is 0 Å². The number of unbranched alkanes of at least 4 members (excludes halogenated alkanes) is 12. The number of ether oxygens (including phenoxy) is 2. The Kier molecular flexibility index (Phi) is 31.4. The molecule has 0 aromatic carbocycles. The largest absolute Gasteiger partial charge is 1.00 e. The van der Waals surface area contributed by atoms with Crippen LogP contribution in [0.3, 0.4) is 0 Å². The van der Waals surface area contributed by atoms with Crippen molar-refractivity contribution in [3.63, 3.8) is 0 Å². The van der Waals surface area contributed by atoms with Crippen LogP contribution in [0.1, 0.15) is 104 Å². The third-order valence-electron chi connectivity index (χ3n) is 5.06. The quantitative estimate of drug-likeness (QED) is 0.104. The Morgan fingerprint density at radius 1 is 0.621 bits per heavy atom. The monoisotopic (exact) mass is 471 g/mol. The first-order valence-corrected chi connectivity index (χ1v) is 12.6. The summed E-state index contributed by atoms with van der Waals surface area (Å²) in [6.45, 7) is 9.13. The fraction of sp³-hybridized carbons (Fsp3) is 0.957. The molecule has 0 fully saturated rings. The SMILES string of the molecule is CCCCCCCCCCCCN(CCOCCOCCCCCC)C(=S)[S-].[K+]. The summed E-state index contributed by atoms with van der Waals surface area (Å²) >= 11 is 10.4. The third-order valence-corrected chi connectivity index (χ3v) is 5.58. The predicted octanol–water partition coefficient (Wildman–Crippen LogP) is 3.66. The average Bonchev–Trinajstić information content (AvgIpc) is 2.68. The second-order valence-electron chi connectivity index (χ2n) is 7.72. The molecule has 0 unspecified atom stereocenters. The van der Waals surface area contributed by atoms with Crippen LogP contribution in [0.2, 0.25) is 0 Å². The van der Waals surface area contributed by atoms with Gasteiger partial charge in [0.25, 0.3) is 0 Å². The van der Waals surface area contributed by atoms with Gasteiger partial charge in [0.05, 0.1) is 19.8 Å². The molecule has 29 heavy (non-hydrogen) atoms. The van der Waals surface area contributed by atoms with Crippen LogP contribution in [-0.2, 0) is 22.1 Å². The van der Waals surface area contributed by atoms with Gasteiger partial charge in [0.15, 0.2) is 0 Å². The van der Waals surface area contributed by atoms with Gasteiger partial charge in [-0.3, -0.25) is 0 Å². The Morgan fingerprint density at radius 3 is 1.59 bits per heavy atom. The van der Waals surface area contributed by atoms with E-state index in [4.69, 9.17) is 34.3 Å². The zero-order valence-corrected chi connectivity index (χ0v) is 24.5. The van der Waals surface area contributed by atoms with Gasteiger partial charge in [-0.2, -0.15) is 0 Å². The van der Waals surface area contributed by atoms with Crippen molar-refractivity contribution in [1.82, 2.24) is 4.90 Å². The molecule has 0 heterocycles. The molecule has 168 valence electrons. The summed E-state index contributed by atoms with van der Waals surface area (Å²) in [5.74, 6) is 0. The van der Waals surface area contributed by atoms with Gasteiger partial charge in [-0.25, -0.2) is 0 Å². The molecule has 0 saturated heterocycles. The molecule has 0 aromatic heterocycles. The first-order valence-electron chi connectivity index (χ1n) is 11.8. The minimum absolute atomic E-state index is 0. The third kappa shape index (κ3) is 25.8. The van der Waals surface area contributed by atoms with Crippen LogP contribution in [0.15, 0.2) is 0 Å². The topological polar surface area (TPSA) is 21.7 Å². The van der Waals surface area contributed by atoms with E-state index in [0.29, 0.717) is 24.1 Å². The summed E-state index contributed by atoms with van der Waals surface area (Å²) < 4.78 is 11.8. The van der Waals surface area contributed by atoms with E-state index >= 15 is 0 Å². The van der Waals surface area contributed by atoms with E-state index in [1.807, 2.05) is 0 Å². The molecule has 0 N–H and O–H groups in total. The minimum atomic E-state index is 0. The van der Waals surface area contributed by atoms with Crippen molar-refractivity contribution in [3.05, 3.63) is 0 Å². The van der Waals surface area contributed by atoms with Crippen molar-refractivity contribution in [2.75, 3.05) is 39.5 Å². The molecule has 0 spiro atoms. The summed E-state index contributed by atoms with van der Waals surface area (Å²) in [4.78, 5) is 2.11. The van der Waals surface area contributed by atoms with E-state index in [1.165, 1.54) is 83.5 Å². The molecule has 0 aliphatic carbocycles. The van der Waals surface area contributed by atoms with Gasteiger partial charge in [-0.1, -0.05) is 95.2 Å². The molecule has 0 radical (unpaired) electrons. The molecular formula is C23H46KNO2S2. The van der Waals surface area contributed by atoms with Crippen LogP contribution in [-0.4, -0.2) is 48.7 Å². The van der Waals surface area contributed by atoms with E-state index in [0.717, 1.165) is 26.1 Å². The zero-order chi connectivity index (χ0) is 20.7. The van der Waals surface area contributed by atoms with Gasteiger partial charge in [-0.05, 0) is 12.8 Å². The van der Waals surface area contributed by atoms with Gasteiger partial charge >= 0.3 is 51.4 Å². The zero-order valence-electron chi connectivity index (χ0n) is 19.7. The average molecular weight is 472 g/mol. The van der Waals surface area contributed by atoms with E-state index in [2.05, 4.69) is 18.7 Å². The second-order valence-corrected chi connectivity index (χ2v) is 8.75. The number of thiocarbonyl (C=S) groups is 1. The van der Waals surface area contributed by atoms with Gasteiger partial charge in [0, 0.05) is 19.7 Å². The van der Waals surface area contributed by atoms with E-state index in [9.17, 15) is 0 Å². The Morgan fingerprint density at radius 2 is 1.07 bits per heavy atom. The van der Waals surface area contributed by atoms with E-state index in [1.54, 1.807) is 0 Å². The molecule has 0 saturated carbocycles. The Labute approximate surface area is 235 Å². The number of nitrogens with zero attached hydrogens (tertiary/aromatic N) is 1. The summed E-state index contributed by atoms with van der Waals surface area (Å²) in [7, 11) is 0. The summed E-state index contributed by atoms with van der Waals surface area (Å²) in [5.41, 5.74) is 0. The summed E-state index contributed by atoms with van der Waals surface area (Å²) in [6, 6.07) is 0. The van der Waals surface area contributed by atoms with Gasteiger partial charge in [-0.15, -0.1) is 0 Å². The van der Waals surface area contributed by atoms with Gasteiger partial charge < -0.3 is 39.2 Å². The first kappa shape index (κ1) is 32.8. The molecule has 6 heteroatoms. The van der Waals surface area contributed by atoms with Crippen LogP contribution in [0, 0.1) is 0 Å². The molecule has 0 atom stereocenters. The Balaban J connectivity index is 0. The molecule has 0 aliphatic rings. The standard InChI is InChI=1S/C23H47NO2S2.K/c1-3-5-7-9-10-11-12-13-14-15-17-24(23(27)28)18-20-26-22-21-25-19-16-8-6-4-2;/h3-22H2,1-2H3,(H,27,28);/q;+1/p-1. The van der Waals surface area contributed by atoms with Crippen molar-refractivity contribution in [1.29, 1.82) is 0 Å². The normalized spacial score (nSPS) is 10.7. The fourth-order valence-corrected chi connectivity index (χ4v) is 3.58. The number of rotatable bonds is 22. The minimum Gasteiger partial charge on any atom is -0.411 e. The summed E-state index contributed by atoms with van der Waals surface area (Å²) in [5, 5.41) is 0. The maximum Gasteiger partial charge on any atom is 1.00 e. The van der Waals surface area contributed by atoms with Crippen LogP contribution in [0.25, 0.3) is 0 Å². The Hall–Kier alpha value is 1.67. The van der Waals surface area contributed by atoms with Crippen molar-refractivity contribution in [3.8, 4) is 0 Å².